The van der Waals surface area contributed by atoms with Gasteiger partial charge in [-0.2, -0.15) is 0 Å². The smallest absolute Gasteiger partial charge is 0.253 e. The summed E-state index contributed by atoms with van der Waals surface area (Å²) in [5.74, 6) is 0.884. The van der Waals surface area contributed by atoms with Crippen LogP contribution in [0, 0.1) is 5.92 Å². The number of imidazole rings is 1. The molecule has 1 atom stereocenters. The number of piperidine rings is 1. The van der Waals surface area contributed by atoms with Crippen molar-refractivity contribution in [3.8, 4) is 0 Å². The van der Waals surface area contributed by atoms with Gasteiger partial charge in [-0.1, -0.05) is 60.7 Å². The number of fused-ring (bicyclic) bond motifs is 1. The van der Waals surface area contributed by atoms with Crippen molar-refractivity contribution in [2.24, 2.45) is 5.92 Å². The Morgan fingerprint density at radius 2 is 1.63 bits per heavy atom. The largest absolute Gasteiger partial charge is 0.472 e. The number of hydrogen-bond donors (Lipinski definition) is 0. The molecule has 7 heteroatoms. The molecule has 3 heterocycles. The molecular weight excluding hydrogens is 536 g/mol. The van der Waals surface area contributed by atoms with E-state index in [-0.39, 0.29) is 23.5 Å². The topological polar surface area (TPSA) is 71.6 Å². The maximum Gasteiger partial charge on any atom is 0.253 e. The van der Waals surface area contributed by atoms with Crippen molar-refractivity contribution in [2.75, 3.05) is 33.2 Å². The van der Waals surface area contributed by atoms with Crippen LogP contribution in [0.4, 0.5) is 0 Å². The lowest BCUT2D eigenvalue weighted by molar-refractivity contribution is 0.0779. The second-order valence-electron chi connectivity index (χ2n) is 11.6. The number of Topliss-reactive ketones (excluding diaryl/α,β-unsaturated/α-hetero) is 1. The minimum Gasteiger partial charge on any atom is -0.472 e. The predicted octanol–water partition coefficient (Wildman–Crippen LogP) is 6.52. The van der Waals surface area contributed by atoms with Crippen LogP contribution in [-0.2, 0) is 6.54 Å². The predicted molar refractivity (Wildman–Crippen MR) is 168 cm³/mol. The van der Waals surface area contributed by atoms with Crippen LogP contribution in [0.25, 0.3) is 11.0 Å². The number of carbonyl (C=O) groups is 2. The van der Waals surface area contributed by atoms with Crippen LogP contribution in [0.5, 0.6) is 0 Å². The first-order valence-corrected chi connectivity index (χ1v) is 15.1. The summed E-state index contributed by atoms with van der Waals surface area (Å²) in [6, 6.07) is 29.8. The number of likely N-dealkylation sites (tertiary alicyclic amines) is 1. The molecule has 43 heavy (non-hydrogen) atoms. The van der Waals surface area contributed by atoms with Crippen molar-refractivity contribution in [1.82, 2.24) is 19.4 Å². The fraction of sp³-hybridized carbons (Fsp3) is 0.306. The molecule has 1 aliphatic heterocycles. The third-order valence-electron chi connectivity index (χ3n) is 8.68. The van der Waals surface area contributed by atoms with Crippen molar-refractivity contribution in [1.29, 1.82) is 0 Å². The average Bonchev–Trinajstić information content (AvgIpc) is 3.72. The minimum atomic E-state index is -0.0456. The lowest BCUT2D eigenvalue weighted by Crippen LogP contribution is -2.38. The Hall–Kier alpha value is -4.49. The van der Waals surface area contributed by atoms with E-state index in [4.69, 9.17) is 9.40 Å². The van der Waals surface area contributed by atoms with E-state index in [1.54, 1.807) is 12.5 Å². The van der Waals surface area contributed by atoms with E-state index >= 15 is 0 Å². The number of nitrogens with zero attached hydrogens (tertiary/aromatic N) is 4. The van der Waals surface area contributed by atoms with E-state index in [1.165, 1.54) is 5.56 Å². The molecule has 1 amide bonds. The molecule has 0 N–H and O–H groups in total. The van der Waals surface area contributed by atoms with E-state index in [2.05, 4.69) is 29.2 Å². The monoisotopic (exact) mass is 574 g/mol. The average molecular weight is 575 g/mol. The van der Waals surface area contributed by atoms with Gasteiger partial charge in [0.2, 0.25) is 5.78 Å². The Morgan fingerprint density at radius 3 is 2.35 bits per heavy atom. The summed E-state index contributed by atoms with van der Waals surface area (Å²) in [7, 11) is 1.89. The van der Waals surface area contributed by atoms with Crippen LogP contribution in [0.15, 0.2) is 108 Å². The lowest BCUT2D eigenvalue weighted by Gasteiger charge is -2.33. The molecule has 0 aliphatic carbocycles. The normalized spacial score (nSPS) is 15.0. The lowest BCUT2D eigenvalue weighted by atomic mass is 9.90. The van der Waals surface area contributed by atoms with Gasteiger partial charge < -0.3 is 18.8 Å². The molecule has 220 valence electrons. The molecule has 0 saturated carbocycles. The first-order valence-electron chi connectivity index (χ1n) is 15.1. The molecule has 3 aromatic carbocycles. The van der Waals surface area contributed by atoms with Gasteiger partial charge in [-0.3, -0.25) is 9.59 Å². The van der Waals surface area contributed by atoms with E-state index < -0.39 is 0 Å². The van der Waals surface area contributed by atoms with Crippen molar-refractivity contribution in [3.05, 3.63) is 126 Å². The van der Waals surface area contributed by atoms with E-state index in [9.17, 15) is 9.59 Å². The fourth-order valence-corrected chi connectivity index (χ4v) is 6.23. The molecule has 0 bridgehead atoms. The third-order valence-corrected chi connectivity index (χ3v) is 8.68. The van der Waals surface area contributed by atoms with Gasteiger partial charge in [0.15, 0.2) is 5.82 Å². The number of ketones is 1. The molecule has 2 aromatic heterocycles. The summed E-state index contributed by atoms with van der Waals surface area (Å²) >= 11 is 0. The third kappa shape index (κ3) is 6.62. The minimum absolute atomic E-state index is 0.0413. The molecule has 1 saturated heterocycles. The van der Waals surface area contributed by atoms with Crippen molar-refractivity contribution in [2.45, 2.75) is 31.7 Å². The SMILES string of the molecule is CN(CC(CCN1CCC(C(=O)c2nc3ccccc3n2Cc2ccoc2)CC1)c1ccccc1)C(=O)c1ccccc1. The van der Waals surface area contributed by atoms with Crippen LogP contribution < -0.4 is 0 Å². The van der Waals surface area contributed by atoms with Gasteiger partial charge in [0, 0.05) is 36.6 Å². The van der Waals surface area contributed by atoms with Crippen LogP contribution in [0.3, 0.4) is 0 Å². The Labute approximate surface area is 252 Å². The standard InChI is InChI=1S/C36H38N4O3/c1-38(36(42)30-12-6-3-7-13-30)25-31(28-10-4-2-5-11-28)18-22-39-20-16-29(17-21-39)34(41)35-37-32-14-8-9-15-33(32)40(35)24-27-19-23-43-26-27/h2-15,19,23,26,29,31H,16-18,20-22,24-25H2,1H3. The van der Waals surface area contributed by atoms with Crippen LogP contribution in [-0.4, -0.2) is 64.3 Å². The van der Waals surface area contributed by atoms with Crippen LogP contribution in [0.1, 0.15) is 57.3 Å². The molecule has 0 radical (unpaired) electrons. The molecule has 6 rings (SSSR count). The highest BCUT2D eigenvalue weighted by molar-refractivity contribution is 5.98. The zero-order valence-electron chi connectivity index (χ0n) is 24.6. The Kier molecular flexibility index (Phi) is 8.80. The van der Waals surface area contributed by atoms with Crippen molar-refractivity contribution < 1.29 is 14.0 Å². The number of benzene rings is 3. The molecule has 5 aromatic rings. The quantitative estimate of drug-likeness (QED) is 0.168. The van der Waals surface area contributed by atoms with Gasteiger partial charge in [0.1, 0.15) is 0 Å². The number of para-hydroxylation sites is 2. The van der Waals surface area contributed by atoms with E-state index in [0.717, 1.165) is 55.5 Å². The fourth-order valence-electron chi connectivity index (χ4n) is 6.23. The molecule has 7 nitrogen and oxygen atoms in total. The summed E-state index contributed by atoms with van der Waals surface area (Å²) in [5.41, 5.74) is 4.77. The maximum atomic E-state index is 13.8. The summed E-state index contributed by atoms with van der Waals surface area (Å²) in [4.78, 5) is 36.0. The van der Waals surface area contributed by atoms with Gasteiger partial charge in [0.05, 0.1) is 30.1 Å². The molecule has 1 unspecified atom stereocenters. The summed E-state index contributed by atoms with van der Waals surface area (Å²) < 4.78 is 7.32. The zero-order chi connectivity index (χ0) is 29.6. The number of amides is 1. The van der Waals surface area contributed by atoms with Gasteiger partial charge in [-0.15, -0.1) is 0 Å². The maximum absolute atomic E-state index is 13.8. The second-order valence-corrected chi connectivity index (χ2v) is 11.6. The first kappa shape index (κ1) is 28.6. The number of hydrogen-bond acceptors (Lipinski definition) is 5. The zero-order valence-corrected chi connectivity index (χ0v) is 24.6. The van der Waals surface area contributed by atoms with Crippen LogP contribution in [0.2, 0.25) is 0 Å². The van der Waals surface area contributed by atoms with Gasteiger partial charge >= 0.3 is 0 Å². The van der Waals surface area contributed by atoms with E-state index in [1.807, 2.05) is 83.2 Å². The number of carbonyl (C=O) groups excluding carboxylic acids is 2. The Morgan fingerprint density at radius 1 is 0.930 bits per heavy atom. The van der Waals surface area contributed by atoms with Gasteiger partial charge in [0.25, 0.3) is 5.91 Å². The van der Waals surface area contributed by atoms with Crippen molar-refractivity contribution in [3.63, 3.8) is 0 Å². The molecule has 1 aliphatic rings. The number of likely N-dealkylation sites (N-methyl/N-ethyl adjacent to an activating group) is 1. The van der Waals surface area contributed by atoms with Crippen LogP contribution >= 0.6 is 0 Å². The Balaban J connectivity index is 1.09. The molecule has 1 fully saturated rings. The highest BCUT2D eigenvalue weighted by atomic mass is 16.3. The number of furan rings is 1. The van der Waals surface area contributed by atoms with E-state index in [0.29, 0.717) is 24.5 Å². The number of rotatable bonds is 11. The number of aromatic nitrogens is 2. The molecular formula is C36H38N4O3. The second kappa shape index (κ2) is 13.2. The van der Waals surface area contributed by atoms with Crippen molar-refractivity contribution >= 4 is 22.7 Å². The van der Waals surface area contributed by atoms with Gasteiger partial charge in [-0.25, -0.2) is 4.98 Å². The first-order chi connectivity index (χ1) is 21.1. The summed E-state index contributed by atoms with van der Waals surface area (Å²) in [5, 5.41) is 0. The Bertz CT molecular complexity index is 1640. The summed E-state index contributed by atoms with van der Waals surface area (Å²) in [6.45, 7) is 3.88. The highest BCUT2D eigenvalue weighted by Crippen LogP contribution is 2.27. The summed E-state index contributed by atoms with van der Waals surface area (Å²) in [6.07, 6.45) is 5.95. The molecule has 0 spiro atoms. The van der Waals surface area contributed by atoms with Gasteiger partial charge in [-0.05, 0) is 74.8 Å². The highest BCUT2D eigenvalue weighted by Gasteiger charge is 2.30.